The first-order valence-electron chi connectivity index (χ1n) is 3.56. The maximum Gasteiger partial charge on any atom is 0.116 e. The van der Waals surface area contributed by atoms with Gasteiger partial charge in [-0.05, 0) is 29.7 Å². The highest BCUT2D eigenvalue weighted by Crippen LogP contribution is 2.25. The van der Waals surface area contributed by atoms with Crippen molar-refractivity contribution in [2.24, 2.45) is 0 Å². The fraction of sp³-hybridized carbons (Fsp3) is 0. The van der Waals surface area contributed by atoms with E-state index >= 15 is 0 Å². The number of phenols is 1. The summed E-state index contributed by atoms with van der Waals surface area (Å²) in [4.78, 5) is 0. The molecule has 0 aliphatic heterocycles. The molecular formula is C10H6BrO. The second-order valence-corrected chi connectivity index (χ2v) is 3.42. The van der Waals surface area contributed by atoms with Gasteiger partial charge in [0.25, 0.3) is 0 Å². The number of benzene rings is 2. The summed E-state index contributed by atoms with van der Waals surface area (Å²) in [5.41, 5.74) is 0. The molecule has 0 spiro atoms. The Hall–Kier alpha value is -1.02. The molecule has 1 N–H and O–H groups in total. The summed E-state index contributed by atoms with van der Waals surface area (Å²) in [6, 6.07) is 12.1. The minimum atomic E-state index is 0.251. The van der Waals surface area contributed by atoms with Crippen molar-refractivity contribution in [2.45, 2.75) is 0 Å². The zero-order valence-electron chi connectivity index (χ0n) is 6.21. The summed E-state index contributed by atoms with van der Waals surface area (Å²) < 4.78 is 1.00. The van der Waals surface area contributed by atoms with Crippen molar-refractivity contribution in [2.75, 3.05) is 0 Å². The van der Waals surface area contributed by atoms with Crippen LogP contribution >= 0.6 is 15.9 Å². The van der Waals surface area contributed by atoms with E-state index in [4.69, 9.17) is 0 Å². The van der Waals surface area contributed by atoms with Crippen molar-refractivity contribution >= 4 is 26.7 Å². The summed E-state index contributed by atoms with van der Waals surface area (Å²) in [5, 5.41) is 11.2. The number of halogens is 1. The van der Waals surface area contributed by atoms with Crippen LogP contribution in [-0.2, 0) is 0 Å². The van der Waals surface area contributed by atoms with E-state index in [9.17, 15) is 5.11 Å². The van der Waals surface area contributed by atoms with E-state index in [1.54, 1.807) is 12.1 Å². The maximum absolute atomic E-state index is 9.17. The molecule has 1 nitrogen and oxygen atoms in total. The molecule has 0 atom stereocenters. The first kappa shape index (κ1) is 7.62. The quantitative estimate of drug-likeness (QED) is 0.725. The van der Waals surface area contributed by atoms with Crippen LogP contribution in [0.25, 0.3) is 10.8 Å². The zero-order chi connectivity index (χ0) is 8.55. The van der Waals surface area contributed by atoms with E-state index in [1.807, 2.05) is 18.2 Å². The number of aromatic hydroxyl groups is 1. The summed E-state index contributed by atoms with van der Waals surface area (Å²) in [7, 11) is 0. The third-order valence-corrected chi connectivity index (χ3v) is 2.37. The van der Waals surface area contributed by atoms with Crippen LogP contribution in [-0.4, -0.2) is 5.11 Å². The van der Waals surface area contributed by atoms with Crippen molar-refractivity contribution < 1.29 is 5.11 Å². The Balaban J connectivity index is 2.86. The highest BCUT2D eigenvalue weighted by atomic mass is 79.9. The summed E-state index contributed by atoms with van der Waals surface area (Å²) in [6.45, 7) is 0. The largest absolute Gasteiger partial charge is 0.508 e. The van der Waals surface area contributed by atoms with Crippen LogP contribution in [0.4, 0.5) is 0 Å². The predicted octanol–water partition coefficient (Wildman–Crippen LogP) is 3.11. The molecule has 0 saturated heterocycles. The molecule has 59 valence electrons. The third-order valence-electron chi connectivity index (χ3n) is 1.71. The van der Waals surface area contributed by atoms with Gasteiger partial charge in [-0.3, -0.25) is 0 Å². The standard InChI is InChI=1S/C10H6BrO/c11-10-3-1-2-7-6-8(12)4-5-9(7)10/h1-4,6,12H. The molecular weight excluding hydrogens is 216 g/mol. The molecule has 2 rings (SSSR count). The number of hydrogen-bond donors (Lipinski definition) is 1. The minimum absolute atomic E-state index is 0.251. The molecule has 0 saturated carbocycles. The van der Waals surface area contributed by atoms with E-state index < -0.39 is 0 Å². The molecule has 0 fully saturated rings. The van der Waals surface area contributed by atoms with Gasteiger partial charge in [0.2, 0.25) is 0 Å². The zero-order valence-corrected chi connectivity index (χ0v) is 7.80. The molecule has 2 aromatic carbocycles. The highest BCUT2D eigenvalue weighted by Gasteiger charge is 1.97. The Morgan fingerprint density at radius 1 is 1.33 bits per heavy atom. The Kier molecular flexibility index (Phi) is 1.77. The lowest BCUT2D eigenvalue weighted by Crippen LogP contribution is -1.73. The first-order valence-corrected chi connectivity index (χ1v) is 4.35. The van der Waals surface area contributed by atoms with E-state index in [1.165, 1.54) is 0 Å². The molecule has 2 aromatic rings. The second-order valence-electron chi connectivity index (χ2n) is 2.56. The normalized spacial score (nSPS) is 10.4. The van der Waals surface area contributed by atoms with Gasteiger partial charge in [-0.2, -0.15) is 0 Å². The van der Waals surface area contributed by atoms with Crippen molar-refractivity contribution in [3.05, 3.63) is 40.9 Å². The smallest absolute Gasteiger partial charge is 0.116 e. The molecule has 0 heterocycles. The Labute approximate surface area is 78.8 Å². The van der Waals surface area contributed by atoms with Gasteiger partial charge in [-0.1, -0.05) is 28.1 Å². The number of fused-ring (bicyclic) bond motifs is 1. The van der Waals surface area contributed by atoms with Gasteiger partial charge < -0.3 is 5.11 Å². The van der Waals surface area contributed by atoms with Crippen LogP contribution < -0.4 is 0 Å². The van der Waals surface area contributed by atoms with E-state index in [-0.39, 0.29) is 5.75 Å². The van der Waals surface area contributed by atoms with Gasteiger partial charge in [0.15, 0.2) is 0 Å². The van der Waals surface area contributed by atoms with Crippen molar-refractivity contribution in [1.29, 1.82) is 0 Å². The van der Waals surface area contributed by atoms with Crippen LogP contribution in [0.3, 0.4) is 0 Å². The molecule has 0 unspecified atom stereocenters. The van der Waals surface area contributed by atoms with E-state index in [2.05, 4.69) is 22.0 Å². The Morgan fingerprint density at radius 3 is 3.00 bits per heavy atom. The molecule has 0 aliphatic rings. The van der Waals surface area contributed by atoms with Crippen LogP contribution in [0.1, 0.15) is 0 Å². The van der Waals surface area contributed by atoms with Gasteiger partial charge in [0.1, 0.15) is 5.75 Å². The minimum Gasteiger partial charge on any atom is -0.508 e. The van der Waals surface area contributed by atoms with Gasteiger partial charge in [0.05, 0.1) is 0 Å². The molecule has 0 amide bonds. The first-order chi connectivity index (χ1) is 5.77. The van der Waals surface area contributed by atoms with Gasteiger partial charge in [-0.25, -0.2) is 0 Å². The van der Waals surface area contributed by atoms with Crippen LogP contribution in [0, 0.1) is 6.07 Å². The van der Waals surface area contributed by atoms with Crippen LogP contribution in [0.5, 0.6) is 5.75 Å². The lowest BCUT2D eigenvalue weighted by Gasteiger charge is -1.99. The fourth-order valence-electron chi connectivity index (χ4n) is 1.16. The average Bonchev–Trinajstić information content (AvgIpc) is 2.04. The summed E-state index contributed by atoms with van der Waals surface area (Å²) in [6.07, 6.45) is 0. The van der Waals surface area contributed by atoms with Gasteiger partial charge in [-0.15, -0.1) is 0 Å². The number of phenolic OH excluding ortho intramolecular Hbond substituents is 1. The molecule has 2 heteroatoms. The average molecular weight is 222 g/mol. The maximum atomic E-state index is 9.17. The number of rotatable bonds is 0. The molecule has 0 aliphatic carbocycles. The van der Waals surface area contributed by atoms with Gasteiger partial charge >= 0.3 is 0 Å². The second kappa shape index (κ2) is 2.79. The van der Waals surface area contributed by atoms with Gasteiger partial charge in [0, 0.05) is 9.86 Å². The van der Waals surface area contributed by atoms with E-state index in [0.717, 1.165) is 15.2 Å². The molecule has 12 heavy (non-hydrogen) atoms. The van der Waals surface area contributed by atoms with E-state index in [0.29, 0.717) is 0 Å². The Bertz CT molecular complexity index is 423. The summed E-state index contributed by atoms with van der Waals surface area (Å²) in [5.74, 6) is 0.251. The SMILES string of the molecule is Oc1c[c]c2c(Br)cccc2c1. The monoisotopic (exact) mass is 221 g/mol. The predicted molar refractivity (Wildman–Crippen MR) is 52.1 cm³/mol. The lowest BCUT2D eigenvalue weighted by molar-refractivity contribution is 0.476. The molecule has 0 aromatic heterocycles. The highest BCUT2D eigenvalue weighted by molar-refractivity contribution is 9.10. The Morgan fingerprint density at radius 2 is 2.17 bits per heavy atom. The molecule has 0 bridgehead atoms. The fourth-order valence-corrected chi connectivity index (χ4v) is 1.66. The molecule has 1 radical (unpaired) electrons. The van der Waals surface area contributed by atoms with Crippen LogP contribution in [0.2, 0.25) is 0 Å². The van der Waals surface area contributed by atoms with Crippen molar-refractivity contribution in [1.82, 2.24) is 0 Å². The third kappa shape index (κ3) is 1.18. The topological polar surface area (TPSA) is 20.2 Å². The lowest BCUT2D eigenvalue weighted by atomic mass is 10.1. The number of hydrogen-bond acceptors (Lipinski definition) is 1. The van der Waals surface area contributed by atoms with Crippen LogP contribution in [0.15, 0.2) is 34.8 Å². The van der Waals surface area contributed by atoms with Crippen molar-refractivity contribution in [3.8, 4) is 5.75 Å². The summed E-state index contributed by atoms with van der Waals surface area (Å²) >= 11 is 3.41. The van der Waals surface area contributed by atoms with Crippen molar-refractivity contribution in [3.63, 3.8) is 0 Å².